The first-order chi connectivity index (χ1) is 9.11. The van der Waals surface area contributed by atoms with Crippen LogP contribution < -0.4 is 10.5 Å². The van der Waals surface area contributed by atoms with Crippen LogP contribution in [0.2, 0.25) is 10.0 Å². The van der Waals surface area contributed by atoms with Gasteiger partial charge in [0, 0.05) is 0 Å². The van der Waals surface area contributed by atoms with E-state index in [1.54, 1.807) is 12.1 Å². The minimum absolute atomic E-state index is 0.424. The fourth-order valence-corrected chi connectivity index (χ4v) is 2.09. The second kappa shape index (κ2) is 6.29. The van der Waals surface area contributed by atoms with Crippen molar-refractivity contribution >= 4 is 23.2 Å². The van der Waals surface area contributed by atoms with Crippen molar-refractivity contribution in [3.05, 3.63) is 57.6 Å². The van der Waals surface area contributed by atoms with E-state index < -0.39 is 0 Å². The molecule has 2 rings (SSSR count). The van der Waals surface area contributed by atoms with Crippen molar-refractivity contribution in [1.82, 2.24) is 0 Å². The maximum atomic E-state index is 6.12. The summed E-state index contributed by atoms with van der Waals surface area (Å²) < 4.78 is 5.85. The number of ether oxygens (including phenoxy) is 1. The predicted molar refractivity (Wildman–Crippen MR) is 80.5 cm³/mol. The molecule has 2 nitrogen and oxygen atoms in total. The molecule has 0 bridgehead atoms. The molecule has 0 heterocycles. The lowest BCUT2D eigenvalue weighted by molar-refractivity contribution is 0.478. The lowest BCUT2D eigenvalue weighted by Crippen LogP contribution is -2.03. The molecule has 0 radical (unpaired) electrons. The second-order valence-corrected chi connectivity index (χ2v) is 5.08. The first-order valence-electron chi connectivity index (χ1n) is 6.03. The number of aryl methyl sites for hydroxylation is 1. The summed E-state index contributed by atoms with van der Waals surface area (Å²) in [5, 5.41) is 0.905. The van der Waals surface area contributed by atoms with Crippen molar-refractivity contribution in [2.24, 2.45) is 5.73 Å². The SMILES string of the molecule is Cc1ccc(CCN)cc1Oc1cccc(Cl)c1Cl. The highest BCUT2D eigenvalue weighted by molar-refractivity contribution is 6.42. The Morgan fingerprint density at radius 3 is 2.63 bits per heavy atom. The van der Waals surface area contributed by atoms with Crippen LogP contribution in [0.25, 0.3) is 0 Å². The van der Waals surface area contributed by atoms with Gasteiger partial charge in [-0.2, -0.15) is 0 Å². The zero-order valence-electron chi connectivity index (χ0n) is 10.6. The Bertz CT molecular complexity index is 584. The number of halogens is 2. The molecule has 0 saturated heterocycles. The third-order valence-corrected chi connectivity index (χ3v) is 3.62. The molecule has 0 aromatic heterocycles. The fraction of sp³-hybridized carbons (Fsp3) is 0.200. The number of rotatable bonds is 4. The maximum Gasteiger partial charge on any atom is 0.147 e. The fourth-order valence-electron chi connectivity index (χ4n) is 1.76. The topological polar surface area (TPSA) is 35.2 Å². The van der Waals surface area contributed by atoms with Gasteiger partial charge in [-0.1, -0.05) is 41.4 Å². The Balaban J connectivity index is 2.32. The smallest absolute Gasteiger partial charge is 0.147 e. The van der Waals surface area contributed by atoms with E-state index in [2.05, 4.69) is 6.07 Å². The van der Waals surface area contributed by atoms with Gasteiger partial charge in [0.25, 0.3) is 0 Å². The van der Waals surface area contributed by atoms with Gasteiger partial charge < -0.3 is 10.5 Å². The molecule has 0 aliphatic heterocycles. The van der Waals surface area contributed by atoms with E-state index >= 15 is 0 Å². The van der Waals surface area contributed by atoms with Crippen LogP contribution in [-0.2, 0) is 6.42 Å². The average molecular weight is 296 g/mol. The van der Waals surface area contributed by atoms with Gasteiger partial charge in [-0.25, -0.2) is 0 Å². The highest BCUT2D eigenvalue weighted by Gasteiger charge is 2.08. The molecule has 100 valence electrons. The van der Waals surface area contributed by atoms with Crippen LogP contribution in [0.4, 0.5) is 0 Å². The van der Waals surface area contributed by atoms with Gasteiger partial charge in [0.05, 0.1) is 5.02 Å². The normalized spacial score (nSPS) is 10.5. The van der Waals surface area contributed by atoms with Crippen LogP contribution in [0.15, 0.2) is 36.4 Å². The van der Waals surface area contributed by atoms with E-state index in [0.29, 0.717) is 22.3 Å². The van der Waals surface area contributed by atoms with Crippen LogP contribution >= 0.6 is 23.2 Å². The maximum absolute atomic E-state index is 6.12. The van der Waals surface area contributed by atoms with Gasteiger partial charge >= 0.3 is 0 Å². The summed E-state index contributed by atoms with van der Waals surface area (Å²) in [5.74, 6) is 1.33. The largest absolute Gasteiger partial charge is 0.455 e. The summed E-state index contributed by atoms with van der Waals surface area (Å²) in [4.78, 5) is 0. The van der Waals surface area contributed by atoms with Gasteiger partial charge in [0.15, 0.2) is 0 Å². The molecule has 19 heavy (non-hydrogen) atoms. The lowest BCUT2D eigenvalue weighted by atomic mass is 10.1. The van der Waals surface area contributed by atoms with Crippen molar-refractivity contribution in [2.45, 2.75) is 13.3 Å². The lowest BCUT2D eigenvalue weighted by Gasteiger charge is -2.12. The third-order valence-electron chi connectivity index (χ3n) is 2.82. The molecular weight excluding hydrogens is 281 g/mol. The molecule has 2 aromatic carbocycles. The molecule has 0 saturated carbocycles. The van der Waals surface area contributed by atoms with Gasteiger partial charge in [0.1, 0.15) is 16.5 Å². The molecule has 0 aliphatic rings. The van der Waals surface area contributed by atoms with Crippen LogP contribution in [0.5, 0.6) is 11.5 Å². The van der Waals surface area contributed by atoms with Crippen molar-refractivity contribution in [3.63, 3.8) is 0 Å². The van der Waals surface area contributed by atoms with Gasteiger partial charge in [-0.05, 0) is 49.2 Å². The van der Waals surface area contributed by atoms with E-state index in [-0.39, 0.29) is 0 Å². The Kier molecular flexibility index (Phi) is 4.70. The molecule has 0 amide bonds. The van der Waals surface area contributed by atoms with Crippen molar-refractivity contribution < 1.29 is 4.74 Å². The number of benzene rings is 2. The molecule has 0 spiro atoms. The minimum atomic E-state index is 0.424. The van der Waals surface area contributed by atoms with E-state index in [1.807, 2.05) is 25.1 Å². The molecule has 0 aliphatic carbocycles. The van der Waals surface area contributed by atoms with Crippen molar-refractivity contribution in [1.29, 1.82) is 0 Å². The Labute approximate surface area is 123 Å². The zero-order valence-corrected chi connectivity index (χ0v) is 12.1. The molecule has 2 N–H and O–H groups in total. The van der Waals surface area contributed by atoms with Crippen LogP contribution in [0.3, 0.4) is 0 Å². The Hall–Kier alpha value is -1.22. The van der Waals surface area contributed by atoms with E-state index in [0.717, 1.165) is 23.3 Å². The summed E-state index contributed by atoms with van der Waals surface area (Å²) in [7, 11) is 0. The molecule has 0 unspecified atom stereocenters. The Morgan fingerprint density at radius 1 is 1.11 bits per heavy atom. The first-order valence-corrected chi connectivity index (χ1v) is 6.79. The zero-order chi connectivity index (χ0) is 13.8. The van der Waals surface area contributed by atoms with Crippen molar-refractivity contribution in [3.8, 4) is 11.5 Å². The van der Waals surface area contributed by atoms with E-state index in [9.17, 15) is 0 Å². The van der Waals surface area contributed by atoms with E-state index in [4.69, 9.17) is 33.7 Å². The summed E-state index contributed by atoms with van der Waals surface area (Å²) in [5.41, 5.74) is 7.74. The summed E-state index contributed by atoms with van der Waals surface area (Å²) in [6, 6.07) is 11.4. The monoisotopic (exact) mass is 295 g/mol. The van der Waals surface area contributed by atoms with Crippen LogP contribution in [0, 0.1) is 6.92 Å². The molecule has 2 aromatic rings. The molecule has 0 fully saturated rings. The minimum Gasteiger partial charge on any atom is -0.455 e. The second-order valence-electron chi connectivity index (χ2n) is 4.29. The number of hydrogen-bond donors (Lipinski definition) is 1. The first kappa shape index (κ1) is 14.2. The quantitative estimate of drug-likeness (QED) is 0.895. The van der Waals surface area contributed by atoms with E-state index in [1.165, 1.54) is 0 Å². The van der Waals surface area contributed by atoms with Crippen LogP contribution in [-0.4, -0.2) is 6.54 Å². The number of nitrogens with two attached hydrogens (primary N) is 1. The highest BCUT2D eigenvalue weighted by Crippen LogP contribution is 2.35. The standard InChI is InChI=1S/C15H15Cl2NO/c1-10-5-6-11(7-8-18)9-14(10)19-13-4-2-3-12(16)15(13)17/h2-6,9H,7-8,18H2,1H3. The average Bonchev–Trinajstić information content (AvgIpc) is 2.39. The molecule has 0 atom stereocenters. The molecular formula is C15H15Cl2NO. The Morgan fingerprint density at radius 2 is 1.89 bits per heavy atom. The predicted octanol–water partition coefficient (Wildman–Crippen LogP) is 4.60. The highest BCUT2D eigenvalue weighted by atomic mass is 35.5. The third kappa shape index (κ3) is 3.41. The summed E-state index contributed by atoms with van der Waals surface area (Å²) >= 11 is 12.1. The number of hydrogen-bond acceptors (Lipinski definition) is 2. The summed E-state index contributed by atoms with van der Waals surface area (Å²) in [6.45, 7) is 2.60. The summed E-state index contributed by atoms with van der Waals surface area (Å²) in [6.07, 6.45) is 0.819. The molecule has 4 heteroatoms. The van der Waals surface area contributed by atoms with Gasteiger partial charge in [-0.15, -0.1) is 0 Å². The van der Waals surface area contributed by atoms with Gasteiger partial charge in [-0.3, -0.25) is 0 Å². The van der Waals surface area contributed by atoms with Gasteiger partial charge in [0.2, 0.25) is 0 Å². The van der Waals surface area contributed by atoms with Crippen LogP contribution in [0.1, 0.15) is 11.1 Å². The van der Waals surface area contributed by atoms with Crippen molar-refractivity contribution in [2.75, 3.05) is 6.54 Å².